The number of nitrogens with two attached hydrogens (primary N) is 1. The third kappa shape index (κ3) is 3.62. The minimum atomic E-state index is -4.16. The Kier molecular flexibility index (Phi) is 4.64. The van der Waals surface area contributed by atoms with E-state index in [1.54, 1.807) is 11.0 Å². The van der Waals surface area contributed by atoms with Crippen LogP contribution in [0.2, 0.25) is 0 Å². The second-order valence-electron chi connectivity index (χ2n) is 9.08. The fraction of sp³-hybridized carbons (Fsp3) is 0.789. The Hall–Kier alpha value is -1.53. The number of allylic oxidation sites excluding steroid dienone is 1. The molecule has 2 atom stereocenters. The highest BCUT2D eigenvalue weighted by Crippen LogP contribution is 2.48. The van der Waals surface area contributed by atoms with Crippen molar-refractivity contribution in [3.63, 3.8) is 0 Å². The SMILES string of the molecule is CC1(C)CC2(C=C(N)C1=O)CN(C(=O)CC1CCCC(C(F)(F)F)C1)C2. The van der Waals surface area contributed by atoms with Crippen LogP contribution in [0.4, 0.5) is 13.2 Å². The van der Waals surface area contributed by atoms with Gasteiger partial charge in [-0.25, -0.2) is 0 Å². The maximum atomic E-state index is 12.9. The molecule has 4 nitrogen and oxygen atoms in total. The molecule has 2 N–H and O–H groups in total. The number of Topliss-reactive ketones (excluding diaryl/α,β-unsaturated/α-hetero) is 1. The minimum Gasteiger partial charge on any atom is -0.396 e. The molecule has 0 aromatic heterocycles. The van der Waals surface area contributed by atoms with Crippen LogP contribution in [0.1, 0.15) is 52.4 Å². The van der Waals surface area contributed by atoms with Crippen molar-refractivity contribution in [1.82, 2.24) is 4.90 Å². The van der Waals surface area contributed by atoms with Gasteiger partial charge in [0.25, 0.3) is 0 Å². The summed E-state index contributed by atoms with van der Waals surface area (Å²) in [5.74, 6) is -1.60. The molecule has 1 spiro atoms. The predicted octanol–water partition coefficient (Wildman–Crippen LogP) is 3.42. The van der Waals surface area contributed by atoms with E-state index < -0.39 is 17.5 Å². The van der Waals surface area contributed by atoms with Crippen LogP contribution >= 0.6 is 0 Å². The molecular weight excluding hydrogens is 345 g/mol. The number of nitrogens with zero attached hydrogens (tertiary/aromatic N) is 1. The summed E-state index contributed by atoms with van der Waals surface area (Å²) in [5.41, 5.74) is 5.32. The highest BCUT2D eigenvalue weighted by Gasteiger charge is 2.52. The molecule has 0 bridgehead atoms. The van der Waals surface area contributed by atoms with Crippen molar-refractivity contribution >= 4 is 11.7 Å². The molecule has 1 saturated heterocycles. The standard InChI is InChI=1S/C19H27F3N2O2/c1-17(2)9-18(8-14(23)16(17)26)10-24(11-18)15(25)7-12-4-3-5-13(6-12)19(20,21)22/h8,12-13H,3-7,9-11,23H2,1-2H3. The topological polar surface area (TPSA) is 63.4 Å². The zero-order chi connectivity index (χ0) is 19.3. The molecule has 0 aromatic carbocycles. The largest absolute Gasteiger partial charge is 0.396 e. The molecule has 1 aliphatic heterocycles. The van der Waals surface area contributed by atoms with Crippen LogP contribution in [0.15, 0.2) is 11.8 Å². The van der Waals surface area contributed by atoms with Gasteiger partial charge < -0.3 is 10.6 Å². The van der Waals surface area contributed by atoms with Gasteiger partial charge in [0.1, 0.15) is 0 Å². The Morgan fingerprint density at radius 2 is 1.96 bits per heavy atom. The molecular formula is C19H27F3N2O2. The summed E-state index contributed by atoms with van der Waals surface area (Å²) < 4.78 is 38.8. The van der Waals surface area contributed by atoms with Crippen molar-refractivity contribution in [3.05, 3.63) is 11.8 Å². The van der Waals surface area contributed by atoms with Gasteiger partial charge in [-0.1, -0.05) is 20.3 Å². The Morgan fingerprint density at radius 1 is 1.31 bits per heavy atom. The Morgan fingerprint density at radius 3 is 2.54 bits per heavy atom. The van der Waals surface area contributed by atoms with E-state index in [4.69, 9.17) is 5.73 Å². The Bertz CT molecular complexity index is 633. The lowest BCUT2D eigenvalue weighted by atomic mass is 9.62. The van der Waals surface area contributed by atoms with Gasteiger partial charge in [0, 0.05) is 30.3 Å². The summed E-state index contributed by atoms with van der Waals surface area (Å²) in [4.78, 5) is 26.3. The lowest BCUT2D eigenvalue weighted by Gasteiger charge is -2.53. The molecule has 1 heterocycles. The van der Waals surface area contributed by atoms with Gasteiger partial charge in [0.2, 0.25) is 5.91 Å². The molecule has 26 heavy (non-hydrogen) atoms. The first-order valence-corrected chi connectivity index (χ1v) is 9.29. The molecule has 0 aromatic rings. The average molecular weight is 372 g/mol. The number of likely N-dealkylation sites (tertiary alicyclic amines) is 1. The van der Waals surface area contributed by atoms with Crippen LogP contribution < -0.4 is 5.73 Å². The minimum absolute atomic E-state index is 0.0581. The van der Waals surface area contributed by atoms with Crippen LogP contribution in [0.25, 0.3) is 0 Å². The molecule has 2 unspecified atom stereocenters. The van der Waals surface area contributed by atoms with E-state index in [9.17, 15) is 22.8 Å². The van der Waals surface area contributed by atoms with E-state index in [2.05, 4.69) is 0 Å². The van der Waals surface area contributed by atoms with E-state index in [1.807, 2.05) is 13.8 Å². The monoisotopic (exact) mass is 372 g/mol. The fourth-order valence-electron chi connectivity index (χ4n) is 5.04. The zero-order valence-corrected chi connectivity index (χ0v) is 15.4. The second-order valence-corrected chi connectivity index (χ2v) is 9.08. The van der Waals surface area contributed by atoms with Crippen molar-refractivity contribution in [1.29, 1.82) is 0 Å². The molecule has 7 heteroatoms. The number of hydrogen-bond acceptors (Lipinski definition) is 3. The number of rotatable bonds is 2. The maximum absolute atomic E-state index is 12.9. The third-order valence-electron chi connectivity index (χ3n) is 6.21. The summed E-state index contributed by atoms with van der Waals surface area (Å²) in [6.07, 6.45) is -0.104. The first kappa shape index (κ1) is 19.2. The van der Waals surface area contributed by atoms with Crippen molar-refractivity contribution in [2.45, 2.75) is 58.5 Å². The number of alkyl halides is 3. The highest BCUT2D eigenvalue weighted by atomic mass is 19.4. The number of carbonyl (C=O) groups is 2. The molecule has 146 valence electrons. The van der Waals surface area contributed by atoms with E-state index >= 15 is 0 Å². The fourth-order valence-corrected chi connectivity index (χ4v) is 5.04. The summed E-state index contributed by atoms with van der Waals surface area (Å²) in [7, 11) is 0. The second kappa shape index (κ2) is 6.27. The quantitative estimate of drug-likeness (QED) is 0.808. The normalized spacial score (nSPS) is 30.7. The summed E-state index contributed by atoms with van der Waals surface area (Å²) >= 11 is 0. The Balaban J connectivity index is 1.56. The summed E-state index contributed by atoms with van der Waals surface area (Å²) in [5, 5.41) is 0. The molecule has 2 fully saturated rings. The molecule has 3 aliphatic rings. The number of amides is 1. The predicted molar refractivity (Wildman–Crippen MR) is 90.8 cm³/mol. The Labute approximate surface area is 152 Å². The molecule has 0 radical (unpaired) electrons. The van der Waals surface area contributed by atoms with Crippen LogP contribution in [0, 0.1) is 22.7 Å². The first-order chi connectivity index (χ1) is 11.9. The van der Waals surface area contributed by atoms with Gasteiger partial charge in [-0.05, 0) is 37.7 Å². The smallest absolute Gasteiger partial charge is 0.391 e. The van der Waals surface area contributed by atoms with E-state index in [0.29, 0.717) is 32.4 Å². The molecule has 3 rings (SSSR count). The van der Waals surface area contributed by atoms with Crippen LogP contribution in [-0.4, -0.2) is 35.9 Å². The number of halogens is 3. The highest BCUT2D eigenvalue weighted by molar-refractivity contribution is 5.99. The molecule has 1 amide bonds. The van der Waals surface area contributed by atoms with E-state index in [-0.39, 0.29) is 48.0 Å². The van der Waals surface area contributed by atoms with Gasteiger partial charge in [-0.15, -0.1) is 0 Å². The summed E-state index contributed by atoms with van der Waals surface area (Å²) in [6, 6.07) is 0. The molecule has 2 aliphatic carbocycles. The van der Waals surface area contributed by atoms with Crippen LogP contribution in [0.5, 0.6) is 0 Å². The molecule has 1 saturated carbocycles. The van der Waals surface area contributed by atoms with Gasteiger partial charge in [0.15, 0.2) is 5.78 Å². The van der Waals surface area contributed by atoms with Crippen molar-refractivity contribution in [2.24, 2.45) is 28.4 Å². The average Bonchev–Trinajstić information content (AvgIpc) is 2.49. The van der Waals surface area contributed by atoms with Crippen molar-refractivity contribution in [2.75, 3.05) is 13.1 Å². The number of carbonyl (C=O) groups excluding carboxylic acids is 2. The van der Waals surface area contributed by atoms with E-state index in [1.165, 1.54) is 0 Å². The van der Waals surface area contributed by atoms with Crippen LogP contribution in [0.3, 0.4) is 0 Å². The lowest BCUT2D eigenvalue weighted by molar-refractivity contribution is -0.186. The van der Waals surface area contributed by atoms with E-state index in [0.717, 1.165) is 0 Å². The van der Waals surface area contributed by atoms with Gasteiger partial charge in [-0.2, -0.15) is 13.2 Å². The van der Waals surface area contributed by atoms with Crippen LogP contribution in [-0.2, 0) is 9.59 Å². The van der Waals surface area contributed by atoms with Gasteiger partial charge >= 0.3 is 6.18 Å². The van der Waals surface area contributed by atoms with Crippen molar-refractivity contribution in [3.8, 4) is 0 Å². The number of ketones is 1. The number of hydrogen-bond donors (Lipinski definition) is 1. The summed E-state index contributed by atoms with van der Waals surface area (Å²) in [6.45, 7) is 4.72. The lowest BCUT2D eigenvalue weighted by Crippen LogP contribution is -2.61. The van der Waals surface area contributed by atoms with Gasteiger partial charge in [0.05, 0.1) is 11.6 Å². The van der Waals surface area contributed by atoms with Gasteiger partial charge in [-0.3, -0.25) is 9.59 Å². The maximum Gasteiger partial charge on any atom is 0.391 e. The third-order valence-corrected chi connectivity index (χ3v) is 6.21. The van der Waals surface area contributed by atoms with Crippen molar-refractivity contribution < 1.29 is 22.8 Å². The zero-order valence-electron chi connectivity index (χ0n) is 15.4. The first-order valence-electron chi connectivity index (χ1n) is 9.29.